The number of carbonyl (C=O) groups excluding carboxylic acids is 1. The third kappa shape index (κ3) is 5.02. The van der Waals surface area contributed by atoms with Crippen LogP contribution >= 0.6 is 0 Å². The van der Waals surface area contributed by atoms with Gasteiger partial charge in [-0.25, -0.2) is 4.79 Å². The van der Waals surface area contributed by atoms with E-state index < -0.39 is 5.60 Å². The maximum Gasteiger partial charge on any atom is 0.410 e. The predicted octanol–water partition coefficient (Wildman–Crippen LogP) is 4.10. The summed E-state index contributed by atoms with van der Waals surface area (Å²) in [4.78, 5) is 14.8. The molecule has 27 heavy (non-hydrogen) atoms. The second kappa shape index (κ2) is 8.19. The Morgan fingerprint density at radius 2 is 1.96 bits per heavy atom. The fourth-order valence-corrected chi connectivity index (χ4v) is 4.19. The maximum absolute atomic E-state index is 12.9. The molecule has 2 fully saturated rings. The van der Waals surface area contributed by atoms with Crippen molar-refractivity contribution in [3.05, 3.63) is 35.9 Å². The van der Waals surface area contributed by atoms with Crippen molar-refractivity contribution in [3.63, 3.8) is 0 Å². The van der Waals surface area contributed by atoms with E-state index in [0.717, 1.165) is 18.4 Å². The van der Waals surface area contributed by atoms with Gasteiger partial charge in [0.2, 0.25) is 0 Å². The fourth-order valence-electron chi connectivity index (χ4n) is 4.19. The molecule has 150 valence electrons. The molecule has 1 saturated carbocycles. The number of likely N-dealkylation sites (tertiary alicyclic amines) is 1. The lowest BCUT2D eigenvalue weighted by Crippen LogP contribution is -2.54. The van der Waals surface area contributed by atoms with Crippen molar-refractivity contribution < 1.29 is 14.3 Å². The Kier molecular flexibility index (Phi) is 6.11. The van der Waals surface area contributed by atoms with Crippen molar-refractivity contribution in [2.45, 2.75) is 76.7 Å². The van der Waals surface area contributed by atoms with E-state index in [1.807, 2.05) is 43.9 Å². The van der Waals surface area contributed by atoms with E-state index >= 15 is 0 Å². The van der Waals surface area contributed by atoms with Crippen molar-refractivity contribution in [2.75, 3.05) is 13.1 Å². The summed E-state index contributed by atoms with van der Waals surface area (Å²) >= 11 is 0. The molecule has 1 aliphatic heterocycles. The fraction of sp³-hybridized carbons (Fsp3) is 0.682. The van der Waals surface area contributed by atoms with Crippen LogP contribution in [0.4, 0.5) is 4.79 Å². The molecule has 1 aromatic carbocycles. The number of hydrogen-bond acceptors (Lipinski definition) is 4. The van der Waals surface area contributed by atoms with Crippen LogP contribution in [-0.4, -0.2) is 41.3 Å². The van der Waals surface area contributed by atoms with Crippen molar-refractivity contribution in [1.29, 1.82) is 0 Å². The van der Waals surface area contributed by atoms with Crippen LogP contribution in [-0.2, 0) is 16.1 Å². The summed E-state index contributed by atoms with van der Waals surface area (Å²) < 4.78 is 11.9. The molecule has 1 amide bonds. The zero-order valence-corrected chi connectivity index (χ0v) is 16.9. The van der Waals surface area contributed by atoms with Gasteiger partial charge in [0.15, 0.2) is 0 Å². The van der Waals surface area contributed by atoms with E-state index in [2.05, 4.69) is 12.1 Å². The molecule has 1 heterocycles. The Labute approximate surface area is 163 Å². The van der Waals surface area contributed by atoms with E-state index in [9.17, 15) is 4.79 Å². The van der Waals surface area contributed by atoms with Gasteiger partial charge in [-0.15, -0.1) is 0 Å². The molecule has 0 aromatic heterocycles. The summed E-state index contributed by atoms with van der Waals surface area (Å²) in [5, 5.41) is 0. The predicted molar refractivity (Wildman–Crippen MR) is 106 cm³/mol. The van der Waals surface area contributed by atoms with E-state index in [1.54, 1.807) is 0 Å². The van der Waals surface area contributed by atoms with Gasteiger partial charge in [0, 0.05) is 6.54 Å². The Morgan fingerprint density at radius 3 is 2.52 bits per heavy atom. The largest absolute Gasteiger partial charge is 0.444 e. The summed E-state index contributed by atoms with van der Waals surface area (Å²) in [6.45, 7) is 7.26. The van der Waals surface area contributed by atoms with Gasteiger partial charge < -0.3 is 15.2 Å². The summed E-state index contributed by atoms with van der Waals surface area (Å²) in [7, 11) is 0. The van der Waals surface area contributed by atoms with Gasteiger partial charge in [-0.1, -0.05) is 49.6 Å². The first-order valence-electron chi connectivity index (χ1n) is 10.2. The molecule has 1 aromatic rings. The van der Waals surface area contributed by atoms with Crippen molar-refractivity contribution in [1.82, 2.24) is 4.90 Å². The summed E-state index contributed by atoms with van der Waals surface area (Å²) in [5.74, 6) is 0.659. The standard InChI is InChI=1S/C22H34N2O3/c1-21(2,3)27-20(25)24-14-19(26-15-18-8-5-4-6-9-18)13-22(24,16-23)12-17-10-7-11-17/h4-6,8-9,17,19H,7,10-16,23H2,1-3H3/t19-,22-/m0/s1. The highest BCUT2D eigenvalue weighted by Crippen LogP contribution is 2.42. The summed E-state index contributed by atoms with van der Waals surface area (Å²) in [6.07, 6.45) is 5.21. The van der Waals surface area contributed by atoms with Gasteiger partial charge in [-0.3, -0.25) is 4.90 Å². The molecule has 5 heteroatoms. The second-order valence-electron chi connectivity index (χ2n) is 9.14. The minimum absolute atomic E-state index is 0.0126. The molecule has 2 aliphatic rings. The maximum atomic E-state index is 12.9. The molecule has 3 rings (SSSR count). The number of carbonyl (C=O) groups is 1. The quantitative estimate of drug-likeness (QED) is 0.814. The number of rotatable bonds is 6. The Morgan fingerprint density at radius 1 is 1.26 bits per heavy atom. The Balaban J connectivity index is 1.71. The van der Waals surface area contributed by atoms with Crippen LogP contribution in [0.25, 0.3) is 0 Å². The molecule has 0 bridgehead atoms. The van der Waals surface area contributed by atoms with Crippen LogP contribution in [0.1, 0.15) is 58.4 Å². The average molecular weight is 375 g/mol. The van der Waals surface area contributed by atoms with Gasteiger partial charge in [0.05, 0.1) is 24.8 Å². The van der Waals surface area contributed by atoms with Gasteiger partial charge in [-0.2, -0.15) is 0 Å². The zero-order valence-electron chi connectivity index (χ0n) is 16.9. The minimum Gasteiger partial charge on any atom is -0.444 e. The summed E-state index contributed by atoms with van der Waals surface area (Å²) in [5.41, 5.74) is 6.53. The van der Waals surface area contributed by atoms with E-state index in [0.29, 0.717) is 25.6 Å². The lowest BCUT2D eigenvalue weighted by atomic mass is 9.75. The summed E-state index contributed by atoms with van der Waals surface area (Å²) in [6, 6.07) is 10.2. The topological polar surface area (TPSA) is 64.8 Å². The van der Waals surface area contributed by atoms with Gasteiger partial charge >= 0.3 is 6.09 Å². The lowest BCUT2D eigenvalue weighted by Gasteiger charge is -2.42. The number of amides is 1. The van der Waals surface area contributed by atoms with Crippen LogP contribution in [0.15, 0.2) is 30.3 Å². The number of hydrogen-bond donors (Lipinski definition) is 1. The third-order valence-electron chi connectivity index (χ3n) is 5.78. The van der Waals surface area contributed by atoms with Crippen LogP contribution in [0.3, 0.4) is 0 Å². The van der Waals surface area contributed by atoms with E-state index in [1.165, 1.54) is 19.3 Å². The zero-order chi connectivity index (χ0) is 19.5. The van der Waals surface area contributed by atoms with Crippen LogP contribution in [0.5, 0.6) is 0 Å². The first-order chi connectivity index (χ1) is 12.8. The monoisotopic (exact) mass is 374 g/mol. The molecule has 2 N–H and O–H groups in total. The van der Waals surface area contributed by atoms with E-state index in [4.69, 9.17) is 15.2 Å². The molecule has 1 saturated heterocycles. The molecule has 5 nitrogen and oxygen atoms in total. The van der Waals surface area contributed by atoms with Gasteiger partial charge in [-0.05, 0) is 45.1 Å². The molecule has 0 spiro atoms. The molecule has 0 radical (unpaired) electrons. The SMILES string of the molecule is CC(C)(C)OC(=O)N1C[C@@H](OCc2ccccc2)C[C@]1(CN)CC1CCC1. The van der Waals surface area contributed by atoms with Crippen LogP contribution in [0.2, 0.25) is 0 Å². The number of nitrogens with zero attached hydrogens (tertiary/aromatic N) is 1. The molecule has 0 unspecified atom stereocenters. The normalized spacial score (nSPS) is 26.1. The van der Waals surface area contributed by atoms with Gasteiger partial charge in [0.1, 0.15) is 5.60 Å². The molecule has 1 aliphatic carbocycles. The van der Waals surface area contributed by atoms with Crippen molar-refractivity contribution >= 4 is 6.09 Å². The highest BCUT2D eigenvalue weighted by atomic mass is 16.6. The van der Waals surface area contributed by atoms with E-state index in [-0.39, 0.29) is 17.7 Å². The minimum atomic E-state index is -0.517. The van der Waals surface area contributed by atoms with Crippen molar-refractivity contribution in [3.8, 4) is 0 Å². The average Bonchev–Trinajstić information content (AvgIpc) is 2.95. The number of nitrogens with two attached hydrogens (primary N) is 1. The number of benzene rings is 1. The Hall–Kier alpha value is -1.59. The highest BCUT2D eigenvalue weighted by Gasteiger charge is 2.50. The second-order valence-corrected chi connectivity index (χ2v) is 9.14. The van der Waals surface area contributed by atoms with Crippen LogP contribution < -0.4 is 5.73 Å². The molecule has 2 atom stereocenters. The Bertz CT molecular complexity index is 624. The number of ether oxygens (including phenoxy) is 2. The first kappa shape index (κ1) is 20.2. The molecular weight excluding hydrogens is 340 g/mol. The first-order valence-corrected chi connectivity index (χ1v) is 10.2. The van der Waals surface area contributed by atoms with Gasteiger partial charge in [0.25, 0.3) is 0 Å². The third-order valence-corrected chi connectivity index (χ3v) is 5.78. The lowest BCUT2D eigenvalue weighted by molar-refractivity contribution is 0.000711. The van der Waals surface area contributed by atoms with Crippen LogP contribution in [0, 0.1) is 5.92 Å². The van der Waals surface area contributed by atoms with Crippen molar-refractivity contribution in [2.24, 2.45) is 11.7 Å². The smallest absolute Gasteiger partial charge is 0.410 e. The highest BCUT2D eigenvalue weighted by molar-refractivity contribution is 5.70. The molecular formula is C22H34N2O3.